The molecule has 0 aromatic heterocycles. The molecule has 0 radical (unpaired) electrons. The lowest BCUT2D eigenvalue weighted by molar-refractivity contribution is 0.354. The molecule has 0 saturated heterocycles. The van der Waals surface area contributed by atoms with Gasteiger partial charge in [0.05, 0.1) is 19.1 Å². The molecular formula is C16H19NO4S. The third-order valence-electron chi connectivity index (χ3n) is 3.42. The first kappa shape index (κ1) is 16.2. The molecule has 5 nitrogen and oxygen atoms in total. The van der Waals surface area contributed by atoms with Gasteiger partial charge >= 0.3 is 0 Å². The van der Waals surface area contributed by atoms with Gasteiger partial charge in [-0.1, -0.05) is 6.07 Å². The minimum absolute atomic E-state index is 0.114. The van der Waals surface area contributed by atoms with Gasteiger partial charge in [-0.2, -0.15) is 0 Å². The third kappa shape index (κ3) is 3.33. The van der Waals surface area contributed by atoms with Crippen LogP contribution >= 0.6 is 0 Å². The number of ether oxygens (including phenoxy) is 2. The molecule has 0 fully saturated rings. The molecular weight excluding hydrogens is 302 g/mol. The SMILES string of the molecule is COc1ccc(S(=O)(=O)Nc2ccc(C)c(C)c2)cc1OC. The molecule has 118 valence electrons. The molecule has 22 heavy (non-hydrogen) atoms. The Labute approximate surface area is 130 Å². The van der Waals surface area contributed by atoms with E-state index in [0.29, 0.717) is 17.2 Å². The minimum atomic E-state index is -3.69. The van der Waals surface area contributed by atoms with Gasteiger partial charge in [-0.25, -0.2) is 8.42 Å². The molecule has 1 N–H and O–H groups in total. The van der Waals surface area contributed by atoms with Crippen molar-refractivity contribution in [2.45, 2.75) is 18.7 Å². The van der Waals surface area contributed by atoms with Crippen LogP contribution in [-0.4, -0.2) is 22.6 Å². The fourth-order valence-corrected chi connectivity index (χ4v) is 3.07. The Morgan fingerprint density at radius 1 is 0.864 bits per heavy atom. The van der Waals surface area contributed by atoms with Gasteiger partial charge in [0.2, 0.25) is 0 Å². The molecule has 0 saturated carbocycles. The minimum Gasteiger partial charge on any atom is -0.493 e. The lowest BCUT2D eigenvalue weighted by Crippen LogP contribution is -2.13. The first-order valence-electron chi connectivity index (χ1n) is 6.69. The molecule has 0 spiro atoms. The van der Waals surface area contributed by atoms with E-state index in [2.05, 4.69) is 4.72 Å². The van der Waals surface area contributed by atoms with E-state index in [1.165, 1.54) is 26.4 Å². The number of aryl methyl sites for hydroxylation is 2. The van der Waals surface area contributed by atoms with Crippen LogP contribution in [0.15, 0.2) is 41.3 Å². The van der Waals surface area contributed by atoms with Crippen LogP contribution in [0, 0.1) is 13.8 Å². The summed E-state index contributed by atoms with van der Waals surface area (Å²) in [6, 6.07) is 9.89. The van der Waals surface area contributed by atoms with Crippen LogP contribution in [0.4, 0.5) is 5.69 Å². The fourth-order valence-electron chi connectivity index (χ4n) is 2.00. The van der Waals surface area contributed by atoms with E-state index < -0.39 is 10.0 Å². The first-order chi connectivity index (χ1) is 10.4. The van der Waals surface area contributed by atoms with Gasteiger partial charge in [-0.15, -0.1) is 0 Å². The highest BCUT2D eigenvalue weighted by Gasteiger charge is 2.17. The maximum absolute atomic E-state index is 12.5. The van der Waals surface area contributed by atoms with Crippen molar-refractivity contribution in [1.29, 1.82) is 0 Å². The number of anilines is 1. The lowest BCUT2D eigenvalue weighted by atomic mass is 10.1. The Hall–Kier alpha value is -2.21. The topological polar surface area (TPSA) is 64.6 Å². The van der Waals surface area contributed by atoms with Crippen LogP contribution in [0.2, 0.25) is 0 Å². The smallest absolute Gasteiger partial charge is 0.262 e. The summed E-state index contributed by atoms with van der Waals surface area (Å²) in [7, 11) is -0.723. The van der Waals surface area contributed by atoms with Crippen molar-refractivity contribution in [3.8, 4) is 11.5 Å². The third-order valence-corrected chi connectivity index (χ3v) is 4.80. The maximum Gasteiger partial charge on any atom is 0.262 e. The molecule has 2 aromatic rings. The Morgan fingerprint density at radius 2 is 1.55 bits per heavy atom. The highest BCUT2D eigenvalue weighted by atomic mass is 32.2. The Bertz CT molecular complexity index is 785. The summed E-state index contributed by atoms with van der Waals surface area (Å²) in [6.45, 7) is 3.91. The maximum atomic E-state index is 12.5. The van der Waals surface area contributed by atoms with Gasteiger partial charge in [0.15, 0.2) is 11.5 Å². The van der Waals surface area contributed by atoms with Crippen LogP contribution in [0.1, 0.15) is 11.1 Å². The van der Waals surface area contributed by atoms with Gasteiger partial charge in [0.25, 0.3) is 10.0 Å². The average molecular weight is 321 g/mol. The first-order valence-corrected chi connectivity index (χ1v) is 8.18. The summed E-state index contributed by atoms with van der Waals surface area (Å²) < 4.78 is 37.7. The summed E-state index contributed by atoms with van der Waals surface area (Å²) >= 11 is 0. The lowest BCUT2D eigenvalue weighted by Gasteiger charge is -2.12. The van der Waals surface area contributed by atoms with E-state index in [1.54, 1.807) is 18.2 Å². The standard InChI is InChI=1S/C16H19NO4S/c1-11-5-6-13(9-12(11)2)17-22(18,19)14-7-8-15(20-3)16(10-14)21-4/h5-10,17H,1-4H3. The van der Waals surface area contributed by atoms with Crippen LogP contribution < -0.4 is 14.2 Å². The molecule has 0 unspecified atom stereocenters. The molecule has 0 amide bonds. The second-order valence-corrected chi connectivity index (χ2v) is 6.60. The molecule has 0 aliphatic carbocycles. The van der Waals surface area contributed by atoms with Crippen molar-refractivity contribution >= 4 is 15.7 Å². The number of rotatable bonds is 5. The van der Waals surface area contributed by atoms with Gasteiger partial charge in [0, 0.05) is 11.8 Å². The number of methoxy groups -OCH3 is 2. The normalized spacial score (nSPS) is 11.1. The molecule has 0 aliphatic heterocycles. The number of hydrogen-bond acceptors (Lipinski definition) is 4. The summed E-state index contributed by atoms with van der Waals surface area (Å²) in [5.74, 6) is 0.845. The van der Waals surface area contributed by atoms with E-state index in [1.807, 2.05) is 19.9 Å². The van der Waals surface area contributed by atoms with Crippen LogP contribution in [-0.2, 0) is 10.0 Å². The summed E-state index contributed by atoms with van der Waals surface area (Å²) in [4.78, 5) is 0.114. The van der Waals surface area contributed by atoms with E-state index >= 15 is 0 Å². The average Bonchev–Trinajstić information content (AvgIpc) is 2.50. The number of hydrogen-bond donors (Lipinski definition) is 1. The Balaban J connectivity index is 2.35. The van der Waals surface area contributed by atoms with Crippen molar-refractivity contribution in [3.63, 3.8) is 0 Å². The van der Waals surface area contributed by atoms with E-state index in [4.69, 9.17) is 9.47 Å². The summed E-state index contributed by atoms with van der Waals surface area (Å²) in [5, 5.41) is 0. The Kier molecular flexibility index (Phi) is 4.61. The van der Waals surface area contributed by atoms with Gasteiger partial charge in [0.1, 0.15) is 0 Å². The molecule has 2 aromatic carbocycles. The largest absolute Gasteiger partial charge is 0.493 e. The molecule has 2 rings (SSSR count). The monoisotopic (exact) mass is 321 g/mol. The van der Waals surface area contributed by atoms with Gasteiger partial charge in [-0.05, 0) is 49.2 Å². The molecule has 0 atom stereocenters. The van der Waals surface area contributed by atoms with E-state index in [-0.39, 0.29) is 4.90 Å². The van der Waals surface area contributed by atoms with Crippen molar-refractivity contribution in [1.82, 2.24) is 0 Å². The van der Waals surface area contributed by atoms with E-state index in [9.17, 15) is 8.42 Å². The molecule has 0 heterocycles. The number of sulfonamides is 1. The van der Waals surface area contributed by atoms with Crippen molar-refractivity contribution in [2.24, 2.45) is 0 Å². The quantitative estimate of drug-likeness (QED) is 0.919. The van der Waals surface area contributed by atoms with Crippen molar-refractivity contribution in [3.05, 3.63) is 47.5 Å². The van der Waals surface area contributed by atoms with Gasteiger partial charge < -0.3 is 9.47 Å². The molecule has 6 heteroatoms. The predicted molar refractivity (Wildman–Crippen MR) is 86.3 cm³/mol. The predicted octanol–water partition coefficient (Wildman–Crippen LogP) is 3.12. The highest BCUT2D eigenvalue weighted by Crippen LogP contribution is 2.30. The zero-order valence-corrected chi connectivity index (χ0v) is 13.8. The molecule has 0 bridgehead atoms. The summed E-state index contributed by atoms with van der Waals surface area (Å²) in [6.07, 6.45) is 0. The fraction of sp³-hybridized carbons (Fsp3) is 0.250. The summed E-state index contributed by atoms with van der Waals surface area (Å²) in [5.41, 5.74) is 2.65. The van der Waals surface area contributed by atoms with Crippen LogP contribution in [0.3, 0.4) is 0 Å². The van der Waals surface area contributed by atoms with Gasteiger partial charge in [-0.3, -0.25) is 4.72 Å². The zero-order chi connectivity index (χ0) is 16.3. The van der Waals surface area contributed by atoms with Crippen LogP contribution in [0.25, 0.3) is 0 Å². The highest BCUT2D eigenvalue weighted by molar-refractivity contribution is 7.92. The zero-order valence-electron chi connectivity index (χ0n) is 13.0. The Morgan fingerprint density at radius 3 is 2.14 bits per heavy atom. The van der Waals surface area contributed by atoms with Crippen LogP contribution in [0.5, 0.6) is 11.5 Å². The van der Waals surface area contributed by atoms with Crippen molar-refractivity contribution < 1.29 is 17.9 Å². The van der Waals surface area contributed by atoms with E-state index in [0.717, 1.165) is 11.1 Å². The number of nitrogens with one attached hydrogen (secondary N) is 1. The second kappa shape index (κ2) is 6.27. The van der Waals surface area contributed by atoms with Crippen molar-refractivity contribution in [2.75, 3.05) is 18.9 Å². The second-order valence-electron chi connectivity index (χ2n) is 4.92. The number of benzene rings is 2. The molecule has 0 aliphatic rings.